The molecule has 0 N–H and O–H groups in total. The molecule has 0 radical (unpaired) electrons. The van der Waals surface area contributed by atoms with Crippen LogP contribution >= 0.6 is 15.9 Å². The van der Waals surface area contributed by atoms with Crippen LogP contribution in [0.5, 0.6) is 0 Å². The minimum atomic E-state index is -1.25. The number of hydrogen-bond acceptors (Lipinski definition) is 3. The number of hydrogen-bond donors (Lipinski definition) is 0. The molecular formula is C12H10BrN2O3-. The molecule has 1 aliphatic rings. The molecule has 0 atom stereocenters. The van der Waals surface area contributed by atoms with Gasteiger partial charge < -0.3 is 9.90 Å². The number of imidazole rings is 1. The molecule has 3 rings (SSSR count). The highest BCUT2D eigenvalue weighted by Gasteiger charge is 2.20. The van der Waals surface area contributed by atoms with E-state index in [4.69, 9.17) is 0 Å². The van der Waals surface area contributed by atoms with E-state index in [9.17, 15) is 14.7 Å². The number of rotatable bonds is 2. The molecular weight excluding hydrogens is 300 g/mol. The van der Waals surface area contributed by atoms with Gasteiger partial charge in [-0.1, -0.05) is 15.9 Å². The normalized spacial score (nSPS) is 14.1. The van der Waals surface area contributed by atoms with Crippen molar-refractivity contribution in [2.24, 2.45) is 0 Å². The van der Waals surface area contributed by atoms with Gasteiger partial charge in [0.1, 0.15) is 0 Å². The lowest BCUT2D eigenvalue weighted by Gasteiger charge is -2.13. The van der Waals surface area contributed by atoms with E-state index in [-0.39, 0.29) is 5.69 Å². The molecule has 0 aliphatic carbocycles. The van der Waals surface area contributed by atoms with Crippen LogP contribution in [0.1, 0.15) is 12.0 Å². The molecule has 2 aromatic rings. The first kappa shape index (κ1) is 11.5. The Kier molecular flexibility index (Phi) is 2.55. The standard InChI is InChI=1S/C12H11BrN2O3/c13-8-4-7-2-1-3-14-11(7)9(5-8)15(12(14)18)6-10(16)17/h4-5H,1-3,6H2,(H,16,17)/p-1. The quantitative estimate of drug-likeness (QED) is 0.799. The maximum Gasteiger partial charge on any atom is 0.329 e. The Hall–Kier alpha value is -1.56. The second-order valence-electron chi connectivity index (χ2n) is 4.43. The van der Waals surface area contributed by atoms with Crippen molar-refractivity contribution in [1.82, 2.24) is 9.13 Å². The number of benzene rings is 1. The van der Waals surface area contributed by atoms with Crippen molar-refractivity contribution in [3.63, 3.8) is 0 Å². The van der Waals surface area contributed by atoms with Crippen LogP contribution in [0.2, 0.25) is 0 Å². The van der Waals surface area contributed by atoms with Gasteiger partial charge in [0.25, 0.3) is 0 Å². The van der Waals surface area contributed by atoms with Crippen LogP contribution in [0, 0.1) is 0 Å². The van der Waals surface area contributed by atoms with E-state index < -0.39 is 12.5 Å². The number of carbonyl (C=O) groups is 1. The van der Waals surface area contributed by atoms with Crippen molar-refractivity contribution in [2.45, 2.75) is 25.9 Å². The number of aryl methyl sites for hydroxylation is 2. The highest BCUT2D eigenvalue weighted by Crippen LogP contribution is 2.28. The highest BCUT2D eigenvalue weighted by molar-refractivity contribution is 9.10. The van der Waals surface area contributed by atoms with E-state index >= 15 is 0 Å². The van der Waals surface area contributed by atoms with Gasteiger partial charge in [0, 0.05) is 11.0 Å². The van der Waals surface area contributed by atoms with Gasteiger partial charge in [-0.05, 0) is 30.5 Å². The van der Waals surface area contributed by atoms with Crippen molar-refractivity contribution in [1.29, 1.82) is 0 Å². The fourth-order valence-electron chi connectivity index (χ4n) is 2.61. The summed E-state index contributed by atoms with van der Waals surface area (Å²) < 4.78 is 3.78. The van der Waals surface area contributed by atoms with Gasteiger partial charge in [0.15, 0.2) is 0 Å². The third kappa shape index (κ3) is 1.59. The van der Waals surface area contributed by atoms with Crippen LogP contribution in [0.4, 0.5) is 0 Å². The molecule has 0 saturated heterocycles. The number of carboxylic acid groups (broad SMARTS) is 1. The molecule has 18 heavy (non-hydrogen) atoms. The molecule has 0 saturated carbocycles. The number of carbonyl (C=O) groups excluding carboxylic acids is 1. The Morgan fingerprint density at radius 2 is 2.22 bits per heavy atom. The number of aliphatic carboxylic acids is 1. The Balaban J connectivity index is 2.41. The molecule has 5 nitrogen and oxygen atoms in total. The van der Waals surface area contributed by atoms with Crippen LogP contribution in [0.3, 0.4) is 0 Å². The summed E-state index contributed by atoms with van der Waals surface area (Å²) in [5, 5.41) is 10.8. The van der Waals surface area contributed by atoms with Crippen LogP contribution in [0.15, 0.2) is 21.4 Å². The third-order valence-electron chi connectivity index (χ3n) is 3.27. The largest absolute Gasteiger partial charge is 0.548 e. The van der Waals surface area contributed by atoms with Crippen LogP contribution in [-0.4, -0.2) is 15.1 Å². The smallest absolute Gasteiger partial charge is 0.329 e. The lowest BCUT2D eigenvalue weighted by atomic mass is 10.0. The molecule has 0 bridgehead atoms. The summed E-state index contributed by atoms with van der Waals surface area (Å²) in [5.41, 5.74) is 2.33. The topological polar surface area (TPSA) is 67.1 Å². The molecule has 1 aliphatic heterocycles. The van der Waals surface area contributed by atoms with Crippen molar-refractivity contribution in [3.05, 3.63) is 32.7 Å². The summed E-state index contributed by atoms with van der Waals surface area (Å²) in [4.78, 5) is 22.9. The summed E-state index contributed by atoms with van der Waals surface area (Å²) in [6, 6.07) is 3.77. The Morgan fingerprint density at radius 3 is 2.94 bits per heavy atom. The van der Waals surface area contributed by atoms with Crippen molar-refractivity contribution < 1.29 is 9.90 Å². The molecule has 0 fully saturated rings. The van der Waals surface area contributed by atoms with E-state index in [1.165, 1.54) is 4.57 Å². The third-order valence-corrected chi connectivity index (χ3v) is 3.73. The van der Waals surface area contributed by atoms with E-state index in [1.54, 1.807) is 10.6 Å². The first-order valence-electron chi connectivity index (χ1n) is 5.69. The van der Waals surface area contributed by atoms with E-state index in [0.717, 1.165) is 28.4 Å². The van der Waals surface area contributed by atoms with E-state index in [0.29, 0.717) is 12.1 Å². The maximum absolute atomic E-state index is 12.2. The van der Waals surface area contributed by atoms with Crippen LogP contribution < -0.4 is 10.8 Å². The van der Waals surface area contributed by atoms with E-state index in [2.05, 4.69) is 15.9 Å². The molecule has 0 amide bonds. The molecule has 1 aromatic carbocycles. The number of nitrogens with zero attached hydrogens (tertiary/aromatic N) is 2. The van der Waals surface area contributed by atoms with Gasteiger partial charge in [0.2, 0.25) is 0 Å². The fraction of sp³-hybridized carbons (Fsp3) is 0.333. The van der Waals surface area contributed by atoms with Crippen molar-refractivity contribution >= 4 is 32.9 Å². The zero-order chi connectivity index (χ0) is 12.9. The Morgan fingerprint density at radius 1 is 1.44 bits per heavy atom. The van der Waals surface area contributed by atoms with Crippen molar-refractivity contribution in [3.8, 4) is 0 Å². The lowest BCUT2D eigenvalue weighted by Crippen LogP contribution is -2.33. The molecule has 94 valence electrons. The summed E-state index contributed by atoms with van der Waals surface area (Å²) in [6.07, 6.45) is 1.80. The highest BCUT2D eigenvalue weighted by atomic mass is 79.9. The second-order valence-corrected chi connectivity index (χ2v) is 5.34. The minimum absolute atomic E-state index is 0.270. The molecule has 0 spiro atoms. The van der Waals surface area contributed by atoms with Gasteiger partial charge in [-0.25, -0.2) is 4.79 Å². The average molecular weight is 310 g/mol. The van der Waals surface area contributed by atoms with Gasteiger partial charge in [0.05, 0.1) is 23.5 Å². The molecule has 6 heteroatoms. The zero-order valence-corrected chi connectivity index (χ0v) is 11.1. The number of aromatic nitrogens is 2. The van der Waals surface area contributed by atoms with Crippen LogP contribution in [0.25, 0.3) is 11.0 Å². The monoisotopic (exact) mass is 309 g/mol. The summed E-state index contributed by atoms with van der Waals surface area (Å²) in [6.45, 7) is 0.238. The molecule has 0 unspecified atom stereocenters. The Bertz CT molecular complexity index is 714. The molecule has 2 heterocycles. The average Bonchev–Trinajstić information content (AvgIpc) is 2.56. The minimum Gasteiger partial charge on any atom is -0.548 e. The zero-order valence-electron chi connectivity index (χ0n) is 9.48. The second kappa shape index (κ2) is 3.98. The maximum atomic E-state index is 12.2. The summed E-state index contributed by atoms with van der Waals surface area (Å²) >= 11 is 3.39. The van der Waals surface area contributed by atoms with E-state index in [1.807, 2.05) is 6.07 Å². The fourth-order valence-corrected chi connectivity index (χ4v) is 3.10. The van der Waals surface area contributed by atoms with Gasteiger partial charge in [-0.3, -0.25) is 9.13 Å². The van der Waals surface area contributed by atoms with Crippen LogP contribution in [-0.2, 0) is 24.3 Å². The predicted molar refractivity (Wildman–Crippen MR) is 67.2 cm³/mol. The SMILES string of the molecule is O=C([O-])Cn1c(=O)n2c3c(cc(Br)cc31)CCC2. The first-order valence-corrected chi connectivity index (χ1v) is 6.48. The van der Waals surface area contributed by atoms with Gasteiger partial charge >= 0.3 is 5.69 Å². The van der Waals surface area contributed by atoms with Crippen molar-refractivity contribution in [2.75, 3.05) is 0 Å². The molecule has 1 aromatic heterocycles. The number of halogens is 1. The first-order chi connectivity index (χ1) is 8.58. The van der Waals surface area contributed by atoms with Gasteiger partial charge in [-0.2, -0.15) is 0 Å². The Labute approximate surface area is 111 Å². The summed E-state index contributed by atoms with van der Waals surface area (Å²) in [7, 11) is 0. The predicted octanol–water partition coefficient (Wildman–Crippen LogP) is 0.262. The lowest BCUT2D eigenvalue weighted by molar-refractivity contribution is -0.306. The number of carboxylic acids is 1. The summed E-state index contributed by atoms with van der Waals surface area (Å²) in [5.74, 6) is -1.25. The van der Waals surface area contributed by atoms with Gasteiger partial charge in [-0.15, -0.1) is 0 Å².